The zero-order valence-electron chi connectivity index (χ0n) is 12.6. The van der Waals surface area contributed by atoms with E-state index in [2.05, 4.69) is 6.07 Å². The van der Waals surface area contributed by atoms with Crippen molar-refractivity contribution < 1.29 is 14.6 Å². The van der Waals surface area contributed by atoms with Crippen molar-refractivity contribution in [3.63, 3.8) is 0 Å². The van der Waals surface area contributed by atoms with Crippen molar-refractivity contribution in [3.8, 4) is 0 Å². The Morgan fingerprint density at radius 2 is 2.14 bits per heavy atom. The highest BCUT2D eigenvalue weighted by molar-refractivity contribution is 6.31. The molecule has 22 heavy (non-hydrogen) atoms. The van der Waals surface area contributed by atoms with Crippen LogP contribution in [0, 0.1) is 6.92 Å². The second-order valence-electron chi connectivity index (χ2n) is 5.48. The maximum atomic E-state index is 11.1. The summed E-state index contributed by atoms with van der Waals surface area (Å²) in [6.45, 7) is 1.97. The van der Waals surface area contributed by atoms with E-state index in [1.807, 2.05) is 13.0 Å². The number of benzene rings is 1. The van der Waals surface area contributed by atoms with Crippen molar-refractivity contribution >= 4 is 17.6 Å². The van der Waals surface area contributed by atoms with Crippen LogP contribution < -0.4 is 11.6 Å². The molecule has 0 aliphatic heterocycles. The molecule has 0 amide bonds. The molecule has 0 spiro atoms. The fourth-order valence-electron chi connectivity index (χ4n) is 2.64. The second kappa shape index (κ2) is 6.46. The van der Waals surface area contributed by atoms with Gasteiger partial charge in [0.05, 0.1) is 0 Å². The van der Waals surface area contributed by atoms with Gasteiger partial charge in [0.25, 0.3) is 0 Å². The van der Waals surface area contributed by atoms with Crippen LogP contribution >= 0.6 is 11.6 Å². The van der Waals surface area contributed by atoms with Gasteiger partial charge in [0.1, 0.15) is 6.10 Å². The van der Waals surface area contributed by atoms with E-state index in [9.17, 15) is 4.79 Å². The zero-order chi connectivity index (χ0) is 16.4. The molecule has 2 rings (SSSR count). The lowest BCUT2D eigenvalue weighted by atomic mass is 9.88. The van der Waals surface area contributed by atoms with Crippen LogP contribution in [0.25, 0.3) is 0 Å². The first-order valence-electron chi connectivity index (χ1n) is 6.95. The summed E-state index contributed by atoms with van der Waals surface area (Å²) in [5, 5.41) is 10.8. The summed E-state index contributed by atoms with van der Waals surface area (Å²) in [5.41, 5.74) is 8.91. The van der Waals surface area contributed by atoms with E-state index in [0.29, 0.717) is 6.42 Å². The van der Waals surface area contributed by atoms with Gasteiger partial charge in [-0.3, -0.25) is 0 Å². The Labute approximate surface area is 134 Å². The van der Waals surface area contributed by atoms with Gasteiger partial charge in [-0.15, -0.1) is 0 Å². The van der Waals surface area contributed by atoms with Crippen LogP contribution in [0.1, 0.15) is 23.1 Å². The third kappa shape index (κ3) is 3.45. The van der Waals surface area contributed by atoms with E-state index < -0.39 is 5.97 Å². The molecular formula is C15H20ClN3O3. The highest BCUT2D eigenvalue weighted by atomic mass is 35.5. The molecule has 0 fully saturated rings. The fraction of sp³-hybridized carbons (Fsp3) is 0.400. The molecule has 7 heteroatoms. The lowest BCUT2D eigenvalue weighted by Gasteiger charge is -2.27. The van der Waals surface area contributed by atoms with Gasteiger partial charge >= 0.3 is 5.97 Å². The topological polar surface area (TPSA) is 102 Å². The molecule has 1 aliphatic carbocycles. The molecular weight excluding hydrogens is 306 g/mol. The smallest absolute Gasteiger partial charge is 0.359 e. The first-order chi connectivity index (χ1) is 10.3. The summed E-state index contributed by atoms with van der Waals surface area (Å²) in [6, 6.07) is 4.03. The fourth-order valence-corrected chi connectivity index (χ4v) is 2.82. The largest absolute Gasteiger partial charge is 0.476 e. The average Bonchev–Trinajstić information content (AvgIpc) is 2.39. The normalized spacial score (nSPS) is 18.3. The van der Waals surface area contributed by atoms with Crippen LogP contribution in [-0.2, 0) is 22.4 Å². The summed E-state index contributed by atoms with van der Waals surface area (Å²) in [5.74, 6) is 4.07. The molecule has 1 unspecified atom stereocenters. The number of hydrazine groups is 1. The van der Waals surface area contributed by atoms with Gasteiger partial charge in [-0.2, -0.15) is 0 Å². The van der Waals surface area contributed by atoms with Gasteiger partial charge < -0.3 is 20.6 Å². The summed E-state index contributed by atoms with van der Waals surface area (Å²) in [7, 11) is 1.40. The predicted octanol–water partition coefficient (Wildman–Crippen LogP) is 1.54. The Balaban J connectivity index is 2.18. The maximum absolute atomic E-state index is 11.1. The Morgan fingerprint density at radius 3 is 2.73 bits per heavy atom. The molecule has 0 bridgehead atoms. The molecule has 0 heterocycles. The molecule has 1 aromatic carbocycles. The Bertz CT molecular complexity index is 629. The molecule has 0 radical (unpaired) electrons. The standard InChI is InChI=1S/C15H20ClN3O3/c1-8-5-9-3-4-11(6-10(9)7-12(8)16)22-14(17)13(15(20)21)19(2)18/h5,7,11H,3-4,6,17-18H2,1-2H3,(H,20,21)/b14-13+. The van der Waals surface area contributed by atoms with Crippen molar-refractivity contribution in [1.82, 2.24) is 5.01 Å². The molecule has 0 saturated heterocycles. The summed E-state index contributed by atoms with van der Waals surface area (Å²) in [4.78, 5) is 11.1. The quantitative estimate of drug-likeness (QED) is 0.336. The Kier molecular flexibility index (Phi) is 4.83. The zero-order valence-corrected chi connectivity index (χ0v) is 13.4. The Morgan fingerprint density at radius 1 is 1.45 bits per heavy atom. The predicted molar refractivity (Wildman–Crippen MR) is 83.9 cm³/mol. The number of ether oxygens (including phenoxy) is 1. The third-order valence-corrected chi connectivity index (χ3v) is 4.15. The molecule has 1 aromatic rings. The summed E-state index contributed by atoms with van der Waals surface area (Å²) in [6.07, 6.45) is 2.04. The first kappa shape index (κ1) is 16.5. The number of hydrogen-bond acceptors (Lipinski definition) is 5. The third-order valence-electron chi connectivity index (χ3n) is 3.75. The van der Waals surface area contributed by atoms with E-state index in [4.69, 9.17) is 33.0 Å². The number of halogens is 1. The summed E-state index contributed by atoms with van der Waals surface area (Å²) < 4.78 is 5.61. The molecule has 1 atom stereocenters. The number of fused-ring (bicyclic) bond motifs is 1. The van der Waals surface area contributed by atoms with E-state index in [1.165, 1.54) is 12.6 Å². The van der Waals surface area contributed by atoms with Gasteiger partial charge in [0, 0.05) is 18.5 Å². The number of rotatable bonds is 4. The van der Waals surface area contributed by atoms with E-state index in [0.717, 1.165) is 34.0 Å². The number of likely N-dealkylation sites (N-methyl/N-ethyl adjacent to an activating group) is 1. The minimum Gasteiger partial charge on any atom is -0.476 e. The molecule has 6 nitrogen and oxygen atoms in total. The highest BCUT2D eigenvalue weighted by Gasteiger charge is 2.24. The van der Waals surface area contributed by atoms with Crippen LogP contribution in [0.3, 0.4) is 0 Å². The first-order valence-corrected chi connectivity index (χ1v) is 7.33. The SMILES string of the molecule is Cc1cc2c(cc1Cl)CC(O/C(N)=C(\C(=O)O)N(C)N)CC2. The number of aliphatic carboxylic acids is 1. The molecule has 0 aromatic heterocycles. The molecule has 120 valence electrons. The van der Waals surface area contributed by atoms with Crippen molar-refractivity contribution in [3.05, 3.63) is 45.4 Å². The van der Waals surface area contributed by atoms with Crippen LogP contribution in [-0.4, -0.2) is 29.2 Å². The number of carbonyl (C=O) groups is 1. The van der Waals surface area contributed by atoms with Gasteiger partial charge in [0.15, 0.2) is 5.70 Å². The lowest BCUT2D eigenvalue weighted by Crippen LogP contribution is -2.35. The molecule has 0 saturated carbocycles. The van der Waals surface area contributed by atoms with E-state index in [-0.39, 0.29) is 17.7 Å². The van der Waals surface area contributed by atoms with Crippen LogP contribution in [0.2, 0.25) is 5.02 Å². The summed E-state index contributed by atoms with van der Waals surface area (Å²) >= 11 is 6.16. The molecule has 5 N–H and O–H groups in total. The maximum Gasteiger partial charge on any atom is 0.359 e. The van der Waals surface area contributed by atoms with Crippen molar-refractivity contribution in [2.24, 2.45) is 11.6 Å². The van der Waals surface area contributed by atoms with Gasteiger partial charge in [-0.25, -0.2) is 10.6 Å². The monoisotopic (exact) mass is 325 g/mol. The van der Waals surface area contributed by atoms with Crippen LogP contribution in [0.5, 0.6) is 0 Å². The number of nitrogens with zero attached hydrogens (tertiary/aromatic N) is 1. The average molecular weight is 326 g/mol. The number of carboxylic acids is 1. The van der Waals surface area contributed by atoms with Crippen molar-refractivity contribution in [2.45, 2.75) is 32.3 Å². The van der Waals surface area contributed by atoms with Gasteiger partial charge in [-0.1, -0.05) is 17.7 Å². The van der Waals surface area contributed by atoms with Crippen LogP contribution in [0.15, 0.2) is 23.7 Å². The van der Waals surface area contributed by atoms with E-state index in [1.54, 1.807) is 0 Å². The van der Waals surface area contributed by atoms with E-state index >= 15 is 0 Å². The Hall–Kier alpha value is -1.92. The number of aryl methyl sites for hydroxylation is 2. The highest BCUT2D eigenvalue weighted by Crippen LogP contribution is 2.29. The van der Waals surface area contributed by atoms with Crippen molar-refractivity contribution in [1.29, 1.82) is 0 Å². The van der Waals surface area contributed by atoms with Gasteiger partial charge in [-0.05, 0) is 42.5 Å². The van der Waals surface area contributed by atoms with Crippen LogP contribution in [0.4, 0.5) is 0 Å². The lowest BCUT2D eigenvalue weighted by molar-refractivity contribution is -0.134. The van der Waals surface area contributed by atoms with Crippen molar-refractivity contribution in [2.75, 3.05) is 7.05 Å². The second-order valence-corrected chi connectivity index (χ2v) is 5.89. The number of nitrogens with two attached hydrogens (primary N) is 2. The number of carboxylic acid groups (broad SMARTS) is 1. The number of hydrogen-bond donors (Lipinski definition) is 3. The van der Waals surface area contributed by atoms with Gasteiger partial charge in [0.2, 0.25) is 5.88 Å². The minimum absolute atomic E-state index is 0.177. The minimum atomic E-state index is -1.22. The molecule has 1 aliphatic rings.